The van der Waals surface area contributed by atoms with Crippen molar-refractivity contribution < 1.29 is 0 Å². The van der Waals surface area contributed by atoms with Crippen molar-refractivity contribution in [2.45, 2.75) is 46.6 Å². The minimum absolute atomic E-state index is 0.189. The van der Waals surface area contributed by atoms with Crippen molar-refractivity contribution in [3.05, 3.63) is 35.0 Å². The molecule has 1 heterocycles. The van der Waals surface area contributed by atoms with Crippen LogP contribution in [0.2, 0.25) is 0 Å². The van der Waals surface area contributed by atoms with Crippen molar-refractivity contribution in [1.29, 1.82) is 0 Å². The van der Waals surface area contributed by atoms with Crippen LogP contribution in [0.15, 0.2) is 18.2 Å². The minimum atomic E-state index is 0.189. The van der Waals surface area contributed by atoms with Gasteiger partial charge in [-0.15, -0.1) is 0 Å². The summed E-state index contributed by atoms with van der Waals surface area (Å²) in [6, 6.07) is 6.74. The zero-order chi connectivity index (χ0) is 14.2. The molecule has 0 atom stereocenters. The first-order valence-corrected chi connectivity index (χ1v) is 7.09. The molecule has 104 valence electrons. The van der Waals surface area contributed by atoms with E-state index in [-0.39, 0.29) is 5.54 Å². The first kappa shape index (κ1) is 14.1. The summed E-state index contributed by atoms with van der Waals surface area (Å²) in [5, 5.41) is 4.99. The summed E-state index contributed by atoms with van der Waals surface area (Å²) in [4.78, 5) is 0. The van der Waals surface area contributed by atoms with Crippen molar-refractivity contribution in [2.75, 3.05) is 6.54 Å². The van der Waals surface area contributed by atoms with E-state index >= 15 is 0 Å². The molecule has 0 bridgehead atoms. The monoisotopic (exact) mass is 258 g/mol. The van der Waals surface area contributed by atoms with Crippen molar-refractivity contribution in [3.8, 4) is 0 Å². The van der Waals surface area contributed by atoms with E-state index in [1.165, 1.54) is 27.7 Å². The highest BCUT2D eigenvalue weighted by Gasteiger charge is 2.13. The van der Waals surface area contributed by atoms with E-state index in [0.717, 1.165) is 13.0 Å². The number of rotatable bonds is 3. The molecular formula is C17H26N2. The number of hydrogen-bond donors (Lipinski definition) is 1. The van der Waals surface area contributed by atoms with Gasteiger partial charge in [-0.2, -0.15) is 0 Å². The number of nitrogens with zero attached hydrogens (tertiary/aromatic N) is 1. The summed E-state index contributed by atoms with van der Waals surface area (Å²) in [5.41, 5.74) is 5.74. The largest absolute Gasteiger partial charge is 0.348 e. The lowest BCUT2D eigenvalue weighted by Gasteiger charge is -2.20. The summed E-state index contributed by atoms with van der Waals surface area (Å²) in [6.45, 7) is 12.1. The average molecular weight is 258 g/mol. The molecule has 2 nitrogen and oxygen atoms in total. The van der Waals surface area contributed by atoms with Gasteiger partial charge in [0.2, 0.25) is 0 Å². The van der Waals surface area contributed by atoms with Crippen LogP contribution in [0.25, 0.3) is 10.9 Å². The molecule has 0 radical (unpaired) electrons. The first-order chi connectivity index (χ1) is 8.79. The number of benzene rings is 1. The summed E-state index contributed by atoms with van der Waals surface area (Å²) < 4.78 is 2.31. The van der Waals surface area contributed by atoms with Crippen LogP contribution in [0.5, 0.6) is 0 Å². The lowest BCUT2D eigenvalue weighted by Crippen LogP contribution is -2.37. The Balaban J connectivity index is 2.32. The number of hydrogen-bond acceptors (Lipinski definition) is 1. The Morgan fingerprint density at radius 3 is 2.47 bits per heavy atom. The quantitative estimate of drug-likeness (QED) is 0.887. The topological polar surface area (TPSA) is 17.0 Å². The molecule has 0 aliphatic heterocycles. The van der Waals surface area contributed by atoms with Gasteiger partial charge in [0.25, 0.3) is 0 Å². The Labute approximate surface area is 116 Å². The van der Waals surface area contributed by atoms with E-state index in [2.05, 4.69) is 69.7 Å². The molecule has 0 aliphatic rings. The predicted molar refractivity (Wildman–Crippen MR) is 83.9 cm³/mol. The lowest BCUT2D eigenvalue weighted by atomic mass is 10.0. The SMILES string of the molecule is Cc1ccc2c(c1)c(CCNC(C)(C)C)c(C)n2C. The Morgan fingerprint density at radius 1 is 1.16 bits per heavy atom. The van der Waals surface area contributed by atoms with E-state index in [1.807, 2.05) is 0 Å². The molecule has 0 aliphatic carbocycles. The van der Waals surface area contributed by atoms with Gasteiger partial charge in [-0.1, -0.05) is 11.6 Å². The third-order valence-corrected chi connectivity index (χ3v) is 3.81. The minimum Gasteiger partial charge on any atom is -0.348 e. The van der Waals surface area contributed by atoms with Crippen LogP contribution in [-0.4, -0.2) is 16.7 Å². The number of aryl methyl sites for hydroxylation is 2. The standard InChI is InChI=1S/C17H26N2/c1-12-7-8-16-15(11-12)14(13(2)19(16)6)9-10-18-17(3,4)5/h7-8,11,18H,9-10H2,1-6H3. The van der Waals surface area contributed by atoms with Gasteiger partial charge in [-0.25, -0.2) is 0 Å². The molecule has 2 rings (SSSR count). The molecule has 2 heteroatoms. The molecule has 1 aromatic heterocycles. The van der Waals surface area contributed by atoms with E-state index < -0.39 is 0 Å². The molecule has 0 saturated heterocycles. The van der Waals surface area contributed by atoms with Crippen molar-refractivity contribution in [1.82, 2.24) is 9.88 Å². The Kier molecular flexibility index (Phi) is 3.73. The fourth-order valence-corrected chi connectivity index (χ4v) is 2.64. The van der Waals surface area contributed by atoms with Crippen LogP contribution >= 0.6 is 0 Å². The van der Waals surface area contributed by atoms with E-state index in [1.54, 1.807) is 0 Å². The Hall–Kier alpha value is -1.28. The molecule has 1 N–H and O–H groups in total. The third kappa shape index (κ3) is 3.01. The lowest BCUT2D eigenvalue weighted by molar-refractivity contribution is 0.429. The van der Waals surface area contributed by atoms with Gasteiger partial charge in [0.05, 0.1) is 0 Å². The highest BCUT2D eigenvalue weighted by atomic mass is 15.0. The van der Waals surface area contributed by atoms with Gasteiger partial charge < -0.3 is 9.88 Å². The zero-order valence-corrected chi connectivity index (χ0v) is 13.1. The predicted octanol–water partition coefficient (Wildman–Crippen LogP) is 3.73. The highest BCUT2D eigenvalue weighted by Crippen LogP contribution is 2.26. The molecule has 0 unspecified atom stereocenters. The average Bonchev–Trinajstić information content (AvgIpc) is 2.52. The van der Waals surface area contributed by atoms with Gasteiger partial charge in [0.15, 0.2) is 0 Å². The maximum Gasteiger partial charge on any atom is 0.0482 e. The fourth-order valence-electron chi connectivity index (χ4n) is 2.64. The van der Waals surface area contributed by atoms with Gasteiger partial charge >= 0.3 is 0 Å². The third-order valence-electron chi connectivity index (χ3n) is 3.81. The van der Waals surface area contributed by atoms with Crippen LogP contribution in [0.3, 0.4) is 0 Å². The second-order valence-electron chi connectivity index (χ2n) is 6.57. The van der Waals surface area contributed by atoms with Gasteiger partial charge in [0.1, 0.15) is 0 Å². The molecule has 19 heavy (non-hydrogen) atoms. The Morgan fingerprint density at radius 2 is 1.84 bits per heavy atom. The second kappa shape index (κ2) is 5.01. The van der Waals surface area contributed by atoms with Gasteiger partial charge in [0, 0.05) is 29.2 Å². The van der Waals surface area contributed by atoms with Gasteiger partial charge in [-0.05, 0) is 65.3 Å². The van der Waals surface area contributed by atoms with Crippen molar-refractivity contribution >= 4 is 10.9 Å². The molecule has 2 aromatic rings. The fraction of sp³-hybridized carbons (Fsp3) is 0.529. The molecule has 0 spiro atoms. The van der Waals surface area contributed by atoms with Crippen LogP contribution in [0.4, 0.5) is 0 Å². The van der Waals surface area contributed by atoms with E-state index in [4.69, 9.17) is 0 Å². The number of aromatic nitrogens is 1. The number of fused-ring (bicyclic) bond motifs is 1. The summed E-state index contributed by atoms with van der Waals surface area (Å²) in [7, 11) is 2.16. The molecule has 1 aromatic carbocycles. The molecule has 0 amide bonds. The van der Waals surface area contributed by atoms with E-state index in [9.17, 15) is 0 Å². The number of nitrogens with one attached hydrogen (secondary N) is 1. The van der Waals surface area contributed by atoms with Crippen LogP contribution in [0, 0.1) is 13.8 Å². The van der Waals surface area contributed by atoms with Crippen LogP contribution in [0.1, 0.15) is 37.6 Å². The van der Waals surface area contributed by atoms with E-state index in [0.29, 0.717) is 0 Å². The summed E-state index contributed by atoms with van der Waals surface area (Å²) in [5.74, 6) is 0. The normalized spacial score (nSPS) is 12.3. The zero-order valence-electron chi connectivity index (χ0n) is 13.1. The van der Waals surface area contributed by atoms with Crippen LogP contribution < -0.4 is 5.32 Å². The second-order valence-corrected chi connectivity index (χ2v) is 6.57. The highest BCUT2D eigenvalue weighted by molar-refractivity contribution is 5.86. The maximum atomic E-state index is 3.58. The van der Waals surface area contributed by atoms with Gasteiger partial charge in [-0.3, -0.25) is 0 Å². The molecule has 0 fully saturated rings. The first-order valence-electron chi connectivity index (χ1n) is 7.09. The van der Waals surface area contributed by atoms with Crippen molar-refractivity contribution in [3.63, 3.8) is 0 Å². The smallest absolute Gasteiger partial charge is 0.0482 e. The molecule has 0 saturated carbocycles. The Bertz CT molecular complexity index is 585. The summed E-state index contributed by atoms with van der Waals surface area (Å²) in [6.07, 6.45) is 1.09. The maximum absolute atomic E-state index is 3.58. The van der Waals surface area contributed by atoms with Crippen molar-refractivity contribution in [2.24, 2.45) is 7.05 Å². The molecular weight excluding hydrogens is 232 g/mol. The van der Waals surface area contributed by atoms with Crippen LogP contribution in [-0.2, 0) is 13.5 Å². The summed E-state index contributed by atoms with van der Waals surface area (Å²) >= 11 is 0.